The van der Waals surface area contributed by atoms with Crippen molar-refractivity contribution in [1.29, 1.82) is 0 Å². The van der Waals surface area contributed by atoms with E-state index in [1.165, 1.54) is 12.1 Å². The SMILES string of the molecule is O=C1CN(Cc2cc(-c3cc(Cl)cc(OC(F)F)c3)n(-c3cccnc3)n2)CN1. The molecule has 4 rings (SSSR count). The van der Waals surface area contributed by atoms with Crippen LogP contribution in [0.15, 0.2) is 48.8 Å². The Balaban J connectivity index is 1.75. The second-order valence-corrected chi connectivity index (χ2v) is 6.88. The lowest BCUT2D eigenvalue weighted by molar-refractivity contribution is -0.118. The summed E-state index contributed by atoms with van der Waals surface area (Å²) < 4.78 is 31.5. The van der Waals surface area contributed by atoms with E-state index in [-0.39, 0.29) is 16.7 Å². The molecular weight excluding hydrogens is 404 g/mol. The van der Waals surface area contributed by atoms with E-state index in [0.29, 0.717) is 42.4 Å². The largest absolute Gasteiger partial charge is 0.435 e. The number of nitrogens with zero attached hydrogens (tertiary/aromatic N) is 4. The van der Waals surface area contributed by atoms with Crippen LogP contribution in [0.1, 0.15) is 5.69 Å². The zero-order valence-electron chi connectivity index (χ0n) is 15.1. The lowest BCUT2D eigenvalue weighted by Crippen LogP contribution is -2.21. The highest BCUT2D eigenvalue weighted by Crippen LogP contribution is 2.31. The maximum Gasteiger partial charge on any atom is 0.387 e. The number of pyridine rings is 1. The Morgan fingerprint density at radius 2 is 2.14 bits per heavy atom. The third-order valence-electron chi connectivity index (χ3n) is 4.30. The van der Waals surface area contributed by atoms with E-state index in [4.69, 9.17) is 11.6 Å². The highest BCUT2D eigenvalue weighted by molar-refractivity contribution is 6.31. The third kappa shape index (κ3) is 4.52. The van der Waals surface area contributed by atoms with Gasteiger partial charge in [0.15, 0.2) is 0 Å². The summed E-state index contributed by atoms with van der Waals surface area (Å²) in [6.45, 7) is -1.78. The van der Waals surface area contributed by atoms with Gasteiger partial charge >= 0.3 is 6.61 Å². The summed E-state index contributed by atoms with van der Waals surface area (Å²) in [7, 11) is 0. The maximum atomic E-state index is 12.7. The number of nitrogens with one attached hydrogen (secondary N) is 1. The van der Waals surface area contributed by atoms with Gasteiger partial charge in [0.2, 0.25) is 5.91 Å². The predicted molar refractivity (Wildman–Crippen MR) is 102 cm³/mol. The van der Waals surface area contributed by atoms with Crippen LogP contribution in [-0.2, 0) is 11.3 Å². The van der Waals surface area contributed by atoms with Crippen LogP contribution < -0.4 is 10.1 Å². The highest BCUT2D eigenvalue weighted by atomic mass is 35.5. The van der Waals surface area contributed by atoms with Crippen LogP contribution in [0.5, 0.6) is 5.75 Å². The van der Waals surface area contributed by atoms with Crippen molar-refractivity contribution in [2.45, 2.75) is 13.2 Å². The Hall–Kier alpha value is -3.04. The average Bonchev–Trinajstić information content (AvgIpc) is 3.28. The van der Waals surface area contributed by atoms with Gasteiger partial charge in [-0.05, 0) is 36.4 Å². The molecule has 1 fully saturated rings. The summed E-state index contributed by atoms with van der Waals surface area (Å²) in [4.78, 5) is 17.5. The molecule has 1 saturated heterocycles. The third-order valence-corrected chi connectivity index (χ3v) is 4.51. The Bertz CT molecular complexity index is 1030. The first-order chi connectivity index (χ1) is 14.0. The zero-order chi connectivity index (χ0) is 20.4. The first-order valence-electron chi connectivity index (χ1n) is 8.72. The number of aromatic nitrogens is 3. The molecule has 0 unspecified atom stereocenters. The van der Waals surface area contributed by atoms with E-state index >= 15 is 0 Å². The van der Waals surface area contributed by atoms with Crippen LogP contribution >= 0.6 is 11.6 Å². The quantitative estimate of drug-likeness (QED) is 0.664. The minimum absolute atomic E-state index is 0.0412. The monoisotopic (exact) mass is 419 g/mol. The lowest BCUT2D eigenvalue weighted by atomic mass is 10.1. The molecule has 10 heteroatoms. The van der Waals surface area contributed by atoms with Crippen LogP contribution in [-0.4, -0.2) is 45.4 Å². The first kappa shape index (κ1) is 19.3. The van der Waals surface area contributed by atoms with E-state index in [0.717, 1.165) is 0 Å². The molecule has 3 heterocycles. The molecular formula is C19H16ClF2N5O2. The Labute approximate surface area is 169 Å². The van der Waals surface area contributed by atoms with Gasteiger partial charge in [-0.3, -0.25) is 14.7 Å². The number of halogens is 3. The molecule has 3 aromatic rings. The number of ether oxygens (including phenoxy) is 1. The fraction of sp³-hybridized carbons (Fsp3) is 0.211. The minimum atomic E-state index is -2.96. The number of hydrogen-bond donors (Lipinski definition) is 1. The Morgan fingerprint density at radius 3 is 2.83 bits per heavy atom. The number of alkyl halides is 2. The summed E-state index contributed by atoms with van der Waals surface area (Å²) in [5, 5.41) is 7.63. The minimum Gasteiger partial charge on any atom is -0.435 e. The number of amides is 1. The predicted octanol–water partition coefficient (Wildman–Crippen LogP) is 3.08. The molecule has 0 aliphatic carbocycles. The van der Waals surface area contributed by atoms with Gasteiger partial charge in [0.05, 0.1) is 36.5 Å². The molecule has 29 heavy (non-hydrogen) atoms. The fourth-order valence-corrected chi connectivity index (χ4v) is 3.35. The van der Waals surface area contributed by atoms with E-state index < -0.39 is 6.61 Å². The normalized spacial score (nSPS) is 14.4. The Morgan fingerprint density at radius 1 is 1.28 bits per heavy atom. The molecule has 0 saturated carbocycles. The van der Waals surface area contributed by atoms with Crippen molar-refractivity contribution in [2.24, 2.45) is 0 Å². The summed E-state index contributed by atoms with van der Waals surface area (Å²) >= 11 is 6.12. The zero-order valence-corrected chi connectivity index (χ0v) is 15.8. The second kappa shape index (κ2) is 8.14. The molecule has 1 aliphatic rings. The van der Waals surface area contributed by atoms with Crippen molar-refractivity contribution in [1.82, 2.24) is 25.0 Å². The number of carbonyl (C=O) groups is 1. The van der Waals surface area contributed by atoms with Crippen molar-refractivity contribution in [3.63, 3.8) is 0 Å². The van der Waals surface area contributed by atoms with Gasteiger partial charge in [-0.2, -0.15) is 13.9 Å². The molecule has 150 valence electrons. The number of rotatable bonds is 6. The van der Waals surface area contributed by atoms with Crippen LogP contribution in [0.4, 0.5) is 8.78 Å². The maximum absolute atomic E-state index is 12.7. The molecule has 2 aromatic heterocycles. The van der Waals surface area contributed by atoms with Crippen molar-refractivity contribution in [3.05, 3.63) is 59.5 Å². The van der Waals surface area contributed by atoms with Gasteiger partial charge in [0, 0.05) is 23.3 Å². The first-order valence-corrected chi connectivity index (χ1v) is 9.10. The van der Waals surface area contributed by atoms with Gasteiger partial charge in [0.1, 0.15) is 5.75 Å². The summed E-state index contributed by atoms with van der Waals surface area (Å²) in [6.07, 6.45) is 3.28. The summed E-state index contributed by atoms with van der Waals surface area (Å²) in [5.74, 6) is -0.0853. The fourth-order valence-electron chi connectivity index (χ4n) is 3.13. The van der Waals surface area contributed by atoms with Crippen molar-refractivity contribution < 1.29 is 18.3 Å². The van der Waals surface area contributed by atoms with Gasteiger partial charge in [-0.25, -0.2) is 4.68 Å². The summed E-state index contributed by atoms with van der Waals surface area (Å²) in [5.41, 5.74) is 2.59. The molecule has 0 radical (unpaired) electrons. The molecule has 0 bridgehead atoms. The smallest absolute Gasteiger partial charge is 0.387 e. The van der Waals surface area contributed by atoms with E-state index in [9.17, 15) is 13.6 Å². The van der Waals surface area contributed by atoms with Gasteiger partial charge in [-0.1, -0.05) is 11.6 Å². The molecule has 0 atom stereocenters. The molecule has 1 N–H and O–H groups in total. The second-order valence-electron chi connectivity index (χ2n) is 6.44. The van der Waals surface area contributed by atoms with Crippen LogP contribution in [0.25, 0.3) is 16.9 Å². The molecule has 7 nitrogen and oxygen atoms in total. The van der Waals surface area contributed by atoms with E-state index in [1.807, 2.05) is 17.0 Å². The average molecular weight is 420 g/mol. The molecule has 1 aromatic carbocycles. The topological polar surface area (TPSA) is 72.3 Å². The number of hydrogen-bond acceptors (Lipinski definition) is 5. The number of benzene rings is 1. The highest BCUT2D eigenvalue weighted by Gasteiger charge is 2.21. The number of carbonyl (C=O) groups excluding carboxylic acids is 1. The van der Waals surface area contributed by atoms with E-state index in [2.05, 4.69) is 20.1 Å². The standard InChI is InChI=1S/C19H16ClF2N5O2/c20-13-4-12(5-16(6-13)29-19(21)22)17-7-14(9-26-10-18(28)24-11-26)25-27(17)15-2-1-3-23-8-15/h1-8,19H,9-11H2,(H,24,28). The van der Waals surface area contributed by atoms with E-state index in [1.54, 1.807) is 29.2 Å². The van der Waals surface area contributed by atoms with Crippen molar-refractivity contribution in [3.8, 4) is 22.7 Å². The molecule has 1 aliphatic heterocycles. The molecule has 1 amide bonds. The lowest BCUT2D eigenvalue weighted by Gasteiger charge is -2.10. The summed E-state index contributed by atoms with van der Waals surface area (Å²) in [6, 6.07) is 9.88. The Kier molecular flexibility index (Phi) is 5.41. The van der Waals surface area contributed by atoms with Crippen LogP contribution in [0, 0.1) is 0 Å². The van der Waals surface area contributed by atoms with Gasteiger partial charge in [-0.15, -0.1) is 0 Å². The van der Waals surface area contributed by atoms with Gasteiger partial charge in [0.25, 0.3) is 0 Å². The van der Waals surface area contributed by atoms with Crippen LogP contribution in [0.2, 0.25) is 5.02 Å². The molecule has 0 spiro atoms. The van der Waals surface area contributed by atoms with Crippen LogP contribution in [0.3, 0.4) is 0 Å². The van der Waals surface area contributed by atoms with Crippen molar-refractivity contribution >= 4 is 17.5 Å². The van der Waals surface area contributed by atoms with Crippen molar-refractivity contribution in [2.75, 3.05) is 13.2 Å². The van der Waals surface area contributed by atoms with Gasteiger partial charge < -0.3 is 10.1 Å².